The zero-order chi connectivity index (χ0) is 19.6. The first kappa shape index (κ1) is 18.5. The molecule has 4 heterocycles. The Morgan fingerprint density at radius 1 is 1.39 bits per heavy atom. The third-order valence-corrected chi connectivity index (χ3v) is 7.73. The summed E-state index contributed by atoms with van der Waals surface area (Å²) in [5, 5.41) is 13.7. The van der Waals surface area contributed by atoms with Crippen LogP contribution in [0.4, 0.5) is 5.55 Å². The molecule has 3 unspecified atom stereocenters. The highest BCUT2D eigenvalue weighted by atomic mass is 31.1. The van der Waals surface area contributed by atoms with E-state index < -0.39 is 12.9 Å². The Bertz CT molecular complexity index is 978. The van der Waals surface area contributed by atoms with E-state index in [9.17, 15) is 4.79 Å². The second kappa shape index (κ2) is 7.63. The lowest BCUT2D eigenvalue weighted by Crippen LogP contribution is -2.72. The molecule has 2 aliphatic heterocycles. The lowest BCUT2D eigenvalue weighted by molar-refractivity contribution is -0.151. The highest BCUT2D eigenvalue weighted by Crippen LogP contribution is 2.44. The quantitative estimate of drug-likeness (QED) is 0.444. The van der Waals surface area contributed by atoms with Gasteiger partial charge in [-0.25, -0.2) is 15.0 Å². The minimum Gasteiger partial charge on any atom is -0.353 e. The number of hydrogen-bond donors (Lipinski definition) is 0. The minimum atomic E-state index is -0.749. The van der Waals surface area contributed by atoms with Crippen LogP contribution >= 0.6 is 7.34 Å². The Kier molecular flexibility index (Phi) is 5.03. The second-order valence-corrected chi connectivity index (χ2v) is 8.97. The molecule has 144 valence electrons. The maximum atomic E-state index is 12.5. The van der Waals surface area contributed by atoms with E-state index in [0.717, 1.165) is 36.7 Å². The van der Waals surface area contributed by atoms with Crippen LogP contribution < -0.4 is 4.90 Å². The van der Waals surface area contributed by atoms with Crippen LogP contribution in [0.5, 0.6) is 0 Å². The molecule has 0 N–H and O–H groups in total. The van der Waals surface area contributed by atoms with E-state index in [2.05, 4.69) is 35.7 Å². The van der Waals surface area contributed by atoms with Gasteiger partial charge in [0, 0.05) is 30.7 Å². The van der Waals surface area contributed by atoms with Gasteiger partial charge in [0.05, 0.1) is 17.6 Å². The summed E-state index contributed by atoms with van der Waals surface area (Å²) in [6.45, 7) is 1.99. The van der Waals surface area contributed by atoms with Crippen LogP contribution in [0.15, 0.2) is 23.4 Å². The first-order valence-electron chi connectivity index (χ1n) is 9.30. The van der Waals surface area contributed by atoms with Gasteiger partial charge in [0.1, 0.15) is 12.7 Å². The number of carbonyl (C=O) groups excluding carboxylic acids is 1. The largest absolute Gasteiger partial charge is 0.353 e. The number of nitriles is 1. The van der Waals surface area contributed by atoms with Gasteiger partial charge in [-0.3, -0.25) is 4.79 Å². The van der Waals surface area contributed by atoms with Crippen molar-refractivity contribution in [3.8, 4) is 6.07 Å². The first-order valence-corrected chi connectivity index (χ1v) is 10.7. The normalized spacial score (nSPS) is 25.4. The zero-order valence-electron chi connectivity index (χ0n) is 15.3. The fraction of sp³-hybridized carbons (Fsp3) is 0.588. The van der Waals surface area contributed by atoms with Crippen molar-refractivity contribution in [3.05, 3.63) is 28.8 Å². The molecule has 0 saturated carbocycles. The fourth-order valence-electron chi connectivity index (χ4n) is 4.39. The number of anilines is 1. The average Bonchev–Trinajstić information content (AvgIpc) is 3.14. The predicted octanol–water partition coefficient (Wildman–Crippen LogP) is 2.86. The van der Waals surface area contributed by atoms with Gasteiger partial charge in [-0.1, -0.05) is 5.11 Å². The number of fused-ring (bicyclic) bond motifs is 1. The third-order valence-electron chi connectivity index (χ3n) is 5.80. The summed E-state index contributed by atoms with van der Waals surface area (Å²) in [7, 11) is -0.749. The molecule has 2 saturated heterocycles. The third kappa shape index (κ3) is 3.03. The van der Waals surface area contributed by atoms with Crippen molar-refractivity contribution < 1.29 is 4.79 Å². The molecule has 10 nitrogen and oxygen atoms in total. The molecule has 1 amide bonds. The van der Waals surface area contributed by atoms with Crippen molar-refractivity contribution in [3.63, 3.8) is 0 Å². The summed E-state index contributed by atoms with van der Waals surface area (Å²) >= 11 is 0. The molecule has 2 fully saturated rings. The smallest absolute Gasteiger partial charge is 0.237 e. The van der Waals surface area contributed by atoms with Crippen LogP contribution in [-0.4, -0.2) is 57.0 Å². The van der Waals surface area contributed by atoms with Crippen molar-refractivity contribution in [2.24, 2.45) is 5.11 Å². The Labute approximate surface area is 162 Å². The summed E-state index contributed by atoms with van der Waals surface area (Å²) in [6.07, 6.45) is 6.55. The molecule has 3 atom stereocenters. The van der Waals surface area contributed by atoms with Gasteiger partial charge < -0.3 is 9.80 Å². The monoisotopic (exact) mass is 397 g/mol. The first-order chi connectivity index (χ1) is 13.7. The molecule has 11 heteroatoms. The summed E-state index contributed by atoms with van der Waals surface area (Å²) < 4.78 is 0. The van der Waals surface area contributed by atoms with Crippen molar-refractivity contribution in [2.45, 2.75) is 43.7 Å². The predicted molar refractivity (Wildman–Crippen MR) is 104 cm³/mol. The van der Waals surface area contributed by atoms with Gasteiger partial charge in [0.15, 0.2) is 10.9 Å². The summed E-state index contributed by atoms with van der Waals surface area (Å²) in [5.41, 5.74) is 9.46. The number of hydrogen-bond acceptors (Lipinski definition) is 7. The van der Waals surface area contributed by atoms with Crippen LogP contribution in [0.2, 0.25) is 0 Å². The molecular formula is C17H20N9OP. The molecule has 2 aromatic heterocycles. The van der Waals surface area contributed by atoms with Crippen molar-refractivity contribution in [2.75, 3.05) is 24.5 Å². The molecule has 0 radical (unpaired) electrons. The van der Waals surface area contributed by atoms with E-state index in [1.165, 1.54) is 0 Å². The Hall–Kier alpha value is -2.88. The molecule has 28 heavy (non-hydrogen) atoms. The van der Waals surface area contributed by atoms with E-state index in [0.29, 0.717) is 19.5 Å². The summed E-state index contributed by atoms with van der Waals surface area (Å²) in [5.74, 6) is 1.88. The van der Waals surface area contributed by atoms with E-state index in [1.54, 1.807) is 17.4 Å². The van der Waals surface area contributed by atoms with Gasteiger partial charge >= 0.3 is 0 Å². The molecule has 1 spiro atoms. The highest BCUT2D eigenvalue weighted by molar-refractivity contribution is 7.53. The zero-order valence-corrected chi connectivity index (χ0v) is 16.2. The number of nitrogens with zero attached hydrogens (tertiary/aromatic N) is 9. The van der Waals surface area contributed by atoms with Crippen LogP contribution in [-0.2, 0) is 4.79 Å². The number of aromatic nitrogens is 3. The lowest BCUT2D eigenvalue weighted by atomic mass is 9.72. The number of azide groups is 1. The van der Waals surface area contributed by atoms with Gasteiger partial charge in [-0.05, 0) is 44.4 Å². The topological polar surface area (TPSA) is 135 Å². The van der Waals surface area contributed by atoms with E-state index in [4.69, 9.17) is 10.8 Å². The molecule has 0 bridgehead atoms. The molecule has 2 aromatic rings. The fourth-order valence-corrected chi connectivity index (χ4v) is 6.08. The van der Waals surface area contributed by atoms with Crippen LogP contribution in [0.1, 0.15) is 32.1 Å². The highest BCUT2D eigenvalue weighted by Gasteiger charge is 2.54. The van der Waals surface area contributed by atoms with Gasteiger partial charge in [-0.2, -0.15) is 5.26 Å². The Morgan fingerprint density at radius 3 is 3.11 bits per heavy atom. The van der Waals surface area contributed by atoms with Gasteiger partial charge in [0.25, 0.3) is 0 Å². The van der Waals surface area contributed by atoms with Crippen molar-refractivity contribution in [1.82, 2.24) is 19.9 Å². The van der Waals surface area contributed by atoms with E-state index >= 15 is 0 Å². The van der Waals surface area contributed by atoms with Crippen molar-refractivity contribution in [1.29, 1.82) is 5.26 Å². The van der Waals surface area contributed by atoms with Crippen LogP contribution in [0.25, 0.3) is 15.8 Å². The van der Waals surface area contributed by atoms with Crippen LogP contribution in [0, 0.1) is 11.3 Å². The summed E-state index contributed by atoms with van der Waals surface area (Å²) in [4.78, 5) is 32.6. The molecule has 0 aliphatic carbocycles. The Balaban J connectivity index is 1.62. The number of amides is 1. The lowest BCUT2D eigenvalue weighted by Gasteiger charge is -2.58. The maximum Gasteiger partial charge on any atom is 0.237 e. The van der Waals surface area contributed by atoms with E-state index in [-0.39, 0.29) is 18.4 Å². The molecule has 2 aliphatic rings. The molecular weight excluding hydrogens is 377 g/mol. The SMILES string of the molecule is N#CCC(=O)N1CC(N=[N+]=[N-])C12CCCCN(c1ncnc3nccp13)CC2. The number of rotatable bonds is 3. The van der Waals surface area contributed by atoms with Gasteiger partial charge in [0.2, 0.25) is 5.91 Å². The maximum absolute atomic E-state index is 12.5. The minimum absolute atomic E-state index is 0.145. The number of carbonyl (C=O) groups is 1. The van der Waals surface area contributed by atoms with Gasteiger partial charge in [-0.15, -0.1) is 0 Å². The standard InChI is InChI=1S/C17H20N9OP/c18-6-3-14(27)26-11-13(23-24-19)17(26)4-1-2-8-25(9-5-17)16-22-12-21-15-20-7-10-28(15)16/h7,10,12-13H,1-5,8-9,11H2. The van der Waals surface area contributed by atoms with Crippen molar-refractivity contribution >= 4 is 24.2 Å². The van der Waals surface area contributed by atoms with E-state index in [1.807, 2.05) is 6.07 Å². The average molecular weight is 397 g/mol. The number of likely N-dealkylation sites (tertiary alicyclic amines) is 1. The molecule has 4 rings (SSSR count). The molecule has 0 aromatic carbocycles. The summed E-state index contributed by atoms with van der Waals surface area (Å²) in [6, 6.07) is 1.70. The van der Waals surface area contributed by atoms with Crippen LogP contribution in [0.3, 0.4) is 0 Å². The second-order valence-electron chi connectivity index (χ2n) is 7.13. The Morgan fingerprint density at radius 2 is 2.29 bits per heavy atom.